The molecule has 0 aliphatic rings. The Bertz CT molecular complexity index is 1760. The van der Waals surface area contributed by atoms with Crippen molar-refractivity contribution in [2.45, 2.75) is 19.1 Å². The third-order valence-corrected chi connectivity index (χ3v) is 6.49. The first-order chi connectivity index (χ1) is 19.4. The minimum Gasteiger partial charge on any atom is -0.270 e. The highest BCUT2D eigenvalue weighted by Gasteiger charge is 2.22. The Labute approximate surface area is 233 Å². The first kappa shape index (κ1) is 25.7. The third-order valence-electron chi connectivity index (χ3n) is 6.02. The Morgan fingerprint density at radius 1 is 0.925 bits per heavy atom. The second-order valence-corrected chi connectivity index (χ2v) is 9.29. The van der Waals surface area contributed by atoms with Crippen LogP contribution >= 0.6 is 23.2 Å². The summed E-state index contributed by atoms with van der Waals surface area (Å²) in [7, 11) is 0. The van der Waals surface area contributed by atoms with Crippen LogP contribution in [0.3, 0.4) is 0 Å². The molecule has 0 N–H and O–H groups in total. The van der Waals surface area contributed by atoms with Gasteiger partial charge in [-0.05, 0) is 24.3 Å². The maximum atomic E-state index is 15.3. The molecule has 0 unspecified atom stereocenters. The van der Waals surface area contributed by atoms with Gasteiger partial charge in [0.15, 0.2) is 11.0 Å². The molecule has 6 rings (SSSR count). The first-order valence-electron chi connectivity index (χ1n) is 11.6. The van der Waals surface area contributed by atoms with Gasteiger partial charge in [0, 0.05) is 41.5 Å². The van der Waals surface area contributed by atoms with Crippen molar-refractivity contribution in [3.05, 3.63) is 95.4 Å². The number of benzene rings is 1. The fourth-order valence-electron chi connectivity index (χ4n) is 4.16. The van der Waals surface area contributed by atoms with Crippen molar-refractivity contribution >= 4 is 23.2 Å². The molecule has 0 bridgehead atoms. The number of rotatable bonds is 8. The van der Waals surface area contributed by atoms with E-state index in [1.54, 1.807) is 52.2 Å². The minimum atomic E-state index is -2.86. The Morgan fingerprint density at radius 3 is 2.48 bits per heavy atom. The van der Waals surface area contributed by atoms with Crippen molar-refractivity contribution in [1.82, 2.24) is 54.5 Å². The zero-order valence-corrected chi connectivity index (χ0v) is 21.6. The maximum absolute atomic E-state index is 15.3. The highest BCUT2D eigenvalue weighted by Crippen LogP contribution is 2.34. The van der Waals surface area contributed by atoms with Gasteiger partial charge < -0.3 is 0 Å². The molecule has 6 aromatic rings. The summed E-state index contributed by atoms with van der Waals surface area (Å²) in [5, 5.41) is 23.9. The molecular formula is C24H16Cl2F3N11. The van der Waals surface area contributed by atoms with Gasteiger partial charge in [-0.25, -0.2) is 9.07 Å². The predicted molar refractivity (Wildman–Crippen MR) is 137 cm³/mol. The second kappa shape index (κ2) is 10.5. The number of hydrogen-bond donors (Lipinski definition) is 0. The van der Waals surface area contributed by atoms with Crippen molar-refractivity contribution in [2.24, 2.45) is 0 Å². The monoisotopic (exact) mass is 585 g/mol. The average molecular weight is 586 g/mol. The van der Waals surface area contributed by atoms with Crippen LogP contribution in [0.2, 0.25) is 10.2 Å². The van der Waals surface area contributed by atoms with Gasteiger partial charge in [-0.3, -0.25) is 14.3 Å². The quantitative estimate of drug-likeness (QED) is 0.244. The molecule has 0 spiro atoms. The number of alkyl halides is 2. The van der Waals surface area contributed by atoms with E-state index in [1.807, 2.05) is 0 Å². The smallest absolute Gasteiger partial charge is 0.270 e. The highest BCUT2D eigenvalue weighted by atomic mass is 35.5. The van der Waals surface area contributed by atoms with Crippen LogP contribution in [0.5, 0.6) is 0 Å². The number of nitrogens with zero attached hydrogens (tertiary/aromatic N) is 11. The van der Waals surface area contributed by atoms with E-state index in [0.29, 0.717) is 33.8 Å². The summed E-state index contributed by atoms with van der Waals surface area (Å²) >= 11 is 12.0. The number of hydrogen-bond acceptors (Lipinski definition) is 7. The maximum Gasteiger partial charge on any atom is 0.348 e. The SMILES string of the molecule is Fc1c(Cl)ccc(-n2cc(Cl)nn2)c1-c1ccc([C@H](Cn2cccn2)n2cc(-c3cnn(C(F)F)n3)cn2)nc1. The summed E-state index contributed by atoms with van der Waals surface area (Å²) in [6, 6.07) is 7.78. The second-order valence-electron chi connectivity index (χ2n) is 8.49. The minimum absolute atomic E-state index is 0.0709. The lowest BCUT2D eigenvalue weighted by Gasteiger charge is -2.18. The zero-order chi connectivity index (χ0) is 27.8. The zero-order valence-electron chi connectivity index (χ0n) is 20.1. The van der Waals surface area contributed by atoms with E-state index in [0.717, 1.165) is 0 Å². The summed E-state index contributed by atoms with van der Waals surface area (Å²) < 4.78 is 45.9. The number of aromatic nitrogens is 11. The number of halogens is 5. The lowest BCUT2D eigenvalue weighted by molar-refractivity contribution is 0.0415. The Morgan fingerprint density at radius 2 is 1.80 bits per heavy atom. The standard InChI is InChI=1S/C24H16Cl2F3N11/c25-16-3-5-19(39-13-21(26)34-36-39)22(23(16)27)14-2-4-17(30-8-14)20(12-37-7-1-6-31-37)38-11-15(9-32-38)18-10-33-40(35-18)24(28)29/h1-11,13,20,24H,12H2/t20-/m0/s1. The van der Waals surface area contributed by atoms with E-state index in [2.05, 4.69) is 35.7 Å². The molecule has 0 aliphatic carbocycles. The van der Waals surface area contributed by atoms with Crippen molar-refractivity contribution in [3.63, 3.8) is 0 Å². The summed E-state index contributed by atoms with van der Waals surface area (Å²) in [4.78, 5) is 4.94. The summed E-state index contributed by atoms with van der Waals surface area (Å²) in [6.07, 6.45) is 10.8. The van der Waals surface area contributed by atoms with Crippen molar-refractivity contribution in [3.8, 4) is 28.1 Å². The van der Waals surface area contributed by atoms with Crippen LogP contribution in [0.1, 0.15) is 18.3 Å². The van der Waals surface area contributed by atoms with Crippen molar-refractivity contribution in [2.75, 3.05) is 0 Å². The van der Waals surface area contributed by atoms with Gasteiger partial charge in [0.25, 0.3) is 0 Å². The molecule has 0 amide bonds. The van der Waals surface area contributed by atoms with Crippen LogP contribution in [0.4, 0.5) is 13.2 Å². The average Bonchev–Trinajstić information content (AvgIpc) is 3.76. The Hall–Kier alpha value is -4.56. The fraction of sp³-hybridized carbons (Fsp3) is 0.125. The van der Waals surface area contributed by atoms with Gasteiger partial charge in [-0.2, -0.15) is 24.1 Å². The normalized spacial score (nSPS) is 12.3. The van der Waals surface area contributed by atoms with Crippen molar-refractivity contribution < 1.29 is 13.2 Å². The molecule has 11 nitrogen and oxygen atoms in total. The van der Waals surface area contributed by atoms with E-state index in [9.17, 15) is 8.78 Å². The summed E-state index contributed by atoms with van der Waals surface area (Å²) in [6.45, 7) is -2.51. The molecule has 0 aliphatic heterocycles. The van der Waals surface area contributed by atoms with Crippen LogP contribution in [0.15, 0.2) is 73.7 Å². The molecule has 0 saturated carbocycles. The van der Waals surface area contributed by atoms with Crippen LogP contribution in [-0.2, 0) is 6.54 Å². The molecule has 16 heteroatoms. The van der Waals surface area contributed by atoms with Crippen molar-refractivity contribution in [1.29, 1.82) is 0 Å². The fourth-order valence-corrected chi connectivity index (χ4v) is 4.44. The van der Waals surface area contributed by atoms with E-state index >= 15 is 4.39 Å². The van der Waals surface area contributed by atoms with Gasteiger partial charge in [0.05, 0.1) is 41.5 Å². The molecule has 1 atom stereocenters. The van der Waals surface area contributed by atoms with E-state index < -0.39 is 18.4 Å². The lowest BCUT2D eigenvalue weighted by Crippen LogP contribution is -2.19. The molecular weight excluding hydrogens is 570 g/mol. The van der Waals surface area contributed by atoms with Crippen LogP contribution in [0.25, 0.3) is 28.1 Å². The summed E-state index contributed by atoms with van der Waals surface area (Å²) in [5.41, 5.74) is 2.29. The molecule has 0 fully saturated rings. The highest BCUT2D eigenvalue weighted by molar-refractivity contribution is 6.31. The predicted octanol–water partition coefficient (Wildman–Crippen LogP) is 5.11. The molecule has 0 saturated heterocycles. The first-order valence-corrected chi connectivity index (χ1v) is 12.4. The molecule has 0 radical (unpaired) electrons. The molecule has 1 aromatic carbocycles. The number of pyridine rings is 1. The molecule has 202 valence electrons. The molecule has 5 aromatic heterocycles. The summed E-state index contributed by atoms with van der Waals surface area (Å²) in [5.74, 6) is -0.651. The van der Waals surface area contributed by atoms with E-state index in [1.165, 1.54) is 35.5 Å². The van der Waals surface area contributed by atoms with Gasteiger partial charge in [0.1, 0.15) is 11.7 Å². The van der Waals surface area contributed by atoms with Gasteiger partial charge in [-0.15, -0.1) is 15.0 Å². The molecule has 40 heavy (non-hydrogen) atoms. The van der Waals surface area contributed by atoms with Crippen LogP contribution in [0, 0.1) is 5.82 Å². The van der Waals surface area contributed by atoms with E-state index in [-0.39, 0.29) is 21.4 Å². The van der Waals surface area contributed by atoms with Gasteiger partial charge in [-0.1, -0.05) is 34.5 Å². The third kappa shape index (κ3) is 4.94. The topological polar surface area (TPSA) is 110 Å². The van der Waals surface area contributed by atoms with Gasteiger partial charge >= 0.3 is 6.55 Å². The van der Waals surface area contributed by atoms with Crippen LogP contribution in [-0.4, -0.2) is 54.5 Å². The Kier molecular flexibility index (Phi) is 6.77. The van der Waals surface area contributed by atoms with Crippen LogP contribution < -0.4 is 0 Å². The Balaban J connectivity index is 1.37. The largest absolute Gasteiger partial charge is 0.348 e. The molecule has 5 heterocycles. The van der Waals surface area contributed by atoms with E-state index in [4.69, 9.17) is 23.2 Å². The lowest BCUT2D eigenvalue weighted by atomic mass is 10.0. The van der Waals surface area contributed by atoms with Gasteiger partial charge in [0.2, 0.25) is 0 Å².